The quantitative estimate of drug-likeness (QED) is 0.587. The van der Waals surface area contributed by atoms with Gasteiger partial charge in [0.1, 0.15) is 0 Å². The highest BCUT2D eigenvalue weighted by atomic mass is 19.1. The van der Waals surface area contributed by atoms with Gasteiger partial charge in [-0.25, -0.2) is 4.79 Å². The Labute approximate surface area is 85.8 Å². The standard InChI is InChI=1S/C11H21FO2/c1-9(2)5-4-6-10(3)7-8-14-11(12)13/h9-10H,4-8H2,1-3H3. The van der Waals surface area contributed by atoms with Crippen molar-refractivity contribution in [2.45, 2.75) is 46.5 Å². The molecule has 0 aromatic carbocycles. The highest BCUT2D eigenvalue weighted by Gasteiger charge is 2.05. The molecule has 0 aromatic rings. The van der Waals surface area contributed by atoms with Crippen LogP contribution in [0.15, 0.2) is 0 Å². The summed E-state index contributed by atoms with van der Waals surface area (Å²) < 4.78 is 15.9. The van der Waals surface area contributed by atoms with Gasteiger partial charge >= 0.3 is 6.22 Å². The molecule has 0 aliphatic carbocycles. The van der Waals surface area contributed by atoms with Gasteiger partial charge in [0.05, 0.1) is 6.61 Å². The topological polar surface area (TPSA) is 26.3 Å². The summed E-state index contributed by atoms with van der Waals surface area (Å²) in [6, 6.07) is 0. The van der Waals surface area contributed by atoms with Crippen LogP contribution in [0.4, 0.5) is 9.18 Å². The summed E-state index contributed by atoms with van der Waals surface area (Å²) >= 11 is 0. The first-order valence-electron chi connectivity index (χ1n) is 5.34. The molecule has 0 aromatic heterocycles. The lowest BCUT2D eigenvalue weighted by molar-refractivity contribution is 0.114. The molecule has 0 bridgehead atoms. The molecule has 0 spiro atoms. The molecule has 1 unspecified atom stereocenters. The molecule has 1 atom stereocenters. The molecule has 0 aliphatic rings. The molecule has 0 N–H and O–H groups in total. The predicted octanol–water partition coefficient (Wildman–Crippen LogP) is 3.95. The largest absolute Gasteiger partial charge is 0.495 e. The molecule has 2 nitrogen and oxygen atoms in total. The van der Waals surface area contributed by atoms with Crippen LogP contribution < -0.4 is 0 Å². The SMILES string of the molecule is CC(C)CCCC(C)CCOC(=O)F. The van der Waals surface area contributed by atoms with Crippen LogP contribution in [0.2, 0.25) is 0 Å². The smallest absolute Gasteiger partial charge is 0.440 e. The Bertz CT molecular complexity index is 157. The Morgan fingerprint density at radius 2 is 1.86 bits per heavy atom. The monoisotopic (exact) mass is 204 g/mol. The van der Waals surface area contributed by atoms with E-state index in [2.05, 4.69) is 25.5 Å². The van der Waals surface area contributed by atoms with Crippen molar-refractivity contribution in [3.63, 3.8) is 0 Å². The van der Waals surface area contributed by atoms with Crippen LogP contribution in [0, 0.1) is 11.8 Å². The van der Waals surface area contributed by atoms with Crippen molar-refractivity contribution < 1.29 is 13.9 Å². The molecular formula is C11H21FO2. The highest BCUT2D eigenvalue weighted by molar-refractivity contribution is 5.57. The van der Waals surface area contributed by atoms with E-state index in [-0.39, 0.29) is 6.61 Å². The van der Waals surface area contributed by atoms with E-state index < -0.39 is 6.22 Å². The average Bonchev–Trinajstić information content (AvgIpc) is 2.02. The first kappa shape index (κ1) is 13.4. The van der Waals surface area contributed by atoms with Gasteiger partial charge in [0, 0.05) is 0 Å². The summed E-state index contributed by atoms with van der Waals surface area (Å²) in [6.07, 6.45) is 2.64. The second-order valence-corrected chi connectivity index (χ2v) is 4.30. The first-order valence-corrected chi connectivity index (χ1v) is 5.34. The van der Waals surface area contributed by atoms with Crippen LogP contribution in [0.3, 0.4) is 0 Å². The Balaban J connectivity index is 3.27. The minimum atomic E-state index is -1.67. The van der Waals surface area contributed by atoms with E-state index in [0.29, 0.717) is 5.92 Å². The molecule has 0 saturated carbocycles. The Morgan fingerprint density at radius 1 is 1.21 bits per heavy atom. The van der Waals surface area contributed by atoms with Gasteiger partial charge in [-0.15, -0.1) is 4.39 Å². The summed E-state index contributed by atoms with van der Waals surface area (Å²) in [7, 11) is 0. The molecule has 84 valence electrons. The number of ether oxygens (including phenoxy) is 1. The average molecular weight is 204 g/mol. The third-order valence-electron chi connectivity index (χ3n) is 2.30. The maximum atomic E-state index is 11.6. The Morgan fingerprint density at radius 3 is 2.36 bits per heavy atom. The molecule has 0 aliphatic heterocycles. The van der Waals surface area contributed by atoms with Crippen LogP contribution in [-0.4, -0.2) is 12.8 Å². The molecule has 0 amide bonds. The van der Waals surface area contributed by atoms with Gasteiger partial charge in [-0.2, -0.15) is 0 Å². The number of carbonyl (C=O) groups excluding carboxylic acids is 1. The minimum Gasteiger partial charge on any atom is -0.440 e. The van der Waals surface area contributed by atoms with E-state index in [1.54, 1.807) is 0 Å². The summed E-state index contributed by atoms with van der Waals surface area (Å²) in [4.78, 5) is 9.84. The molecule has 0 radical (unpaired) electrons. The van der Waals surface area contributed by atoms with Gasteiger partial charge in [-0.1, -0.05) is 40.0 Å². The zero-order valence-electron chi connectivity index (χ0n) is 9.38. The molecular weight excluding hydrogens is 183 g/mol. The highest BCUT2D eigenvalue weighted by Crippen LogP contribution is 2.15. The molecule has 14 heavy (non-hydrogen) atoms. The van der Waals surface area contributed by atoms with Crippen LogP contribution in [-0.2, 0) is 4.74 Å². The lowest BCUT2D eigenvalue weighted by Crippen LogP contribution is -2.04. The van der Waals surface area contributed by atoms with Gasteiger partial charge in [0.15, 0.2) is 0 Å². The summed E-state index contributed by atoms with van der Waals surface area (Å²) in [5.74, 6) is 1.25. The zero-order chi connectivity index (χ0) is 11.0. The maximum absolute atomic E-state index is 11.6. The normalized spacial score (nSPS) is 12.9. The van der Waals surface area contributed by atoms with Gasteiger partial charge < -0.3 is 4.74 Å². The Kier molecular flexibility index (Phi) is 7.44. The predicted molar refractivity (Wildman–Crippen MR) is 54.9 cm³/mol. The molecule has 0 saturated heterocycles. The Hall–Kier alpha value is -0.600. The zero-order valence-corrected chi connectivity index (χ0v) is 9.38. The van der Waals surface area contributed by atoms with Gasteiger partial charge in [0.25, 0.3) is 0 Å². The third-order valence-corrected chi connectivity index (χ3v) is 2.30. The lowest BCUT2D eigenvalue weighted by Gasteiger charge is -2.11. The van der Waals surface area contributed by atoms with Crippen molar-refractivity contribution in [1.29, 1.82) is 0 Å². The second-order valence-electron chi connectivity index (χ2n) is 4.30. The fraction of sp³-hybridized carbons (Fsp3) is 0.909. The van der Waals surface area contributed by atoms with Crippen molar-refractivity contribution in [3.05, 3.63) is 0 Å². The fourth-order valence-corrected chi connectivity index (χ4v) is 1.36. The molecule has 0 rings (SSSR count). The van der Waals surface area contributed by atoms with Crippen molar-refractivity contribution >= 4 is 6.22 Å². The van der Waals surface area contributed by atoms with Crippen LogP contribution in [0.1, 0.15) is 46.5 Å². The van der Waals surface area contributed by atoms with Gasteiger partial charge in [-0.3, -0.25) is 0 Å². The van der Waals surface area contributed by atoms with E-state index in [9.17, 15) is 9.18 Å². The van der Waals surface area contributed by atoms with Crippen LogP contribution >= 0.6 is 0 Å². The van der Waals surface area contributed by atoms with Gasteiger partial charge in [-0.05, 0) is 18.3 Å². The van der Waals surface area contributed by atoms with E-state index in [1.807, 2.05) is 0 Å². The van der Waals surface area contributed by atoms with E-state index >= 15 is 0 Å². The second kappa shape index (κ2) is 7.77. The van der Waals surface area contributed by atoms with Crippen molar-refractivity contribution in [2.75, 3.05) is 6.61 Å². The fourth-order valence-electron chi connectivity index (χ4n) is 1.36. The van der Waals surface area contributed by atoms with E-state index in [0.717, 1.165) is 18.8 Å². The first-order chi connectivity index (χ1) is 6.52. The third kappa shape index (κ3) is 9.49. The number of hydrogen-bond donors (Lipinski definition) is 0. The number of hydrogen-bond acceptors (Lipinski definition) is 2. The number of carbonyl (C=O) groups is 1. The maximum Gasteiger partial charge on any atom is 0.495 e. The van der Waals surface area contributed by atoms with Crippen molar-refractivity contribution in [1.82, 2.24) is 0 Å². The number of halogens is 1. The van der Waals surface area contributed by atoms with E-state index in [1.165, 1.54) is 12.8 Å². The number of rotatable bonds is 7. The van der Waals surface area contributed by atoms with Gasteiger partial charge in [0.2, 0.25) is 0 Å². The molecule has 0 fully saturated rings. The van der Waals surface area contributed by atoms with E-state index in [4.69, 9.17) is 0 Å². The lowest BCUT2D eigenvalue weighted by atomic mass is 9.98. The molecule has 3 heteroatoms. The summed E-state index contributed by atoms with van der Waals surface area (Å²) in [5, 5.41) is 0. The van der Waals surface area contributed by atoms with Crippen LogP contribution in [0.25, 0.3) is 0 Å². The minimum absolute atomic E-state index is 0.207. The summed E-state index contributed by atoms with van der Waals surface area (Å²) in [5.41, 5.74) is 0. The van der Waals surface area contributed by atoms with Crippen LogP contribution in [0.5, 0.6) is 0 Å². The molecule has 0 heterocycles. The van der Waals surface area contributed by atoms with Crippen molar-refractivity contribution in [3.8, 4) is 0 Å². The van der Waals surface area contributed by atoms with Crippen molar-refractivity contribution in [2.24, 2.45) is 11.8 Å². The summed E-state index contributed by atoms with van der Waals surface area (Å²) in [6.45, 7) is 6.72.